The molecule has 1 aromatic rings. The molecule has 0 aliphatic carbocycles. The third kappa shape index (κ3) is 4.68. The molecular weight excluding hydrogens is 386 g/mol. The number of ether oxygens (including phenoxy) is 1. The zero-order chi connectivity index (χ0) is 19.5. The maximum atomic E-state index is 12.6. The van der Waals surface area contributed by atoms with Crippen molar-refractivity contribution in [3.63, 3.8) is 0 Å². The first-order valence-electron chi connectivity index (χ1n) is 7.40. The first-order valence-corrected chi connectivity index (χ1v) is 10.2. The molecule has 0 aromatic carbocycles. The first kappa shape index (κ1) is 20.1. The number of aromatic nitrogens is 1. The fourth-order valence-corrected chi connectivity index (χ4v) is 3.38. The molecule has 1 saturated heterocycles. The Balaban J connectivity index is 2.28. The van der Waals surface area contributed by atoms with Crippen molar-refractivity contribution in [2.24, 2.45) is 5.16 Å². The summed E-state index contributed by atoms with van der Waals surface area (Å²) in [5, 5.41) is 10.2. The monoisotopic (exact) mass is 405 g/mol. The highest BCUT2D eigenvalue weighted by atomic mass is 32.2. The number of amides is 2. The Morgan fingerprint density at radius 3 is 2.65 bits per heavy atom. The van der Waals surface area contributed by atoms with Crippen molar-refractivity contribution in [1.29, 1.82) is 0 Å². The van der Waals surface area contributed by atoms with Crippen LogP contribution in [0.1, 0.15) is 19.5 Å². The van der Waals surface area contributed by atoms with Crippen LogP contribution in [0.5, 0.6) is 0 Å². The quantitative estimate of drug-likeness (QED) is 0.223. The minimum Gasteiger partial charge on any atom is -0.392 e. The number of hydrogen-bond donors (Lipinski definition) is 3. The summed E-state index contributed by atoms with van der Waals surface area (Å²) in [6, 6.07) is 0. The molecule has 13 heteroatoms. The largest absolute Gasteiger partial charge is 0.392 e. The molecule has 26 heavy (non-hydrogen) atoms. The van der Waals surface area contributed by atoms with Crippen LogP contribution in [0.3, 0.4) is 0 Å². The highest BCUT2D eigenvalue weighted by molar-refractivity contribution is 7.92. The number of carbonyl (C=O) groups is 2. The maximum absolute atomic E-state index is 12.6. The van der Waals surface area contributed by atoms with Crippen molar-refractivity contribution in [2.75, 3.05) is 24.6 Å². The zero-order valence-electron chi connectivity index (χ0n) is 14.5. The first-order chi connectivity index (χ1) is 12.1. The number of carbonyl (C=O) groups excluding carboxylic acids is 2. The van der Waals surface area contributed by atoms with Gasteiger partial charge < -0.3 is 20.2 Å². The Labute approximate surface area is 154 Å². The van der Waals surface area contributed by atoms with Crippen LogP contribution in [0.2, 0.25) is 0 Å². The zero-order valence-corrected chi connectivity index (χ0v) is 16.2. The normalized spacial score (nSPS) is 20.3. The average Bonchev–Trinajstić information content (AvgIpc) is 2.96. The van der Waals surface area contributed by atoms with E-state index in [2.05, 4.69) is 25.5 Å². The molecule has 0 radical (unpaired) electrons. The summed E-state index contributed by atoms with van der Waals surface area (Å²) in [7, 11) is -2.23. The van der Waals surface area contributed by atoms with Gasteiger partial charge in [-0.15, -0.1) is 11.3 Å². The molecule has 2 amide bonds. The lowest BCUT2D eigenvalue weighted by molar-refractivity contribution is -0.165. The minimum absolute atomic E-state index is 0.0652. The van der Waals surface area contributed by atoms with Crippen LogP contribution in [0.25, 0.3) is 0 Å². The highest BCUT2D eigenvalue weighted by Gasteiger charge is 2.49. The van der Waals surface area contributed by atoms with Crippen LogP contribution in [0.15, 0.2) is 10.5 Å². The van der Waals surface area contributed by atoms with Crippen molar-refractivity contribution in [1.82, 2.24) is 15.6 Å². The third-order valence-corrected chi connectivity index (χ3v) is 4.57. The molecule has 3 N–H and O–H groups in total. The number of rotatable bonds is 8. The van der Waals surface area contributed by atoms with E-state index in [1.165, 1.54) is 12.5 Å². The molecule has 2 heterocycles. The lowest BCUT2D eigenvalue weighted by Crippen LogP contribution is -2.74. The van der Waals surface area contributed by atoms with Crippen LogP contribution in [-0.4, -0.2) is 62.7 Å². The third-order valence-electron chi connectivity index (χ3n) is 3.12. The van der Waals surface area contributed by atoms with Crippen LogP contribution in [-0.2, 0) is 29.2 Å². The summed E-state index contributed by atoms with van der Waals surface area (Å²) in [6.45, 7) is 3.53. The van der Waals surface area contributed by atoms with E-state index in [1.807, 2.05) is 0 Å². The Bertz CT molecular complexity index is 830. The maximum Gasteiger partial charge on any atom is 0.278 e. The number of methoxy groups -OCH3 is 1. The molecule has 0 saturated carbocycles. The van der Waals surface area contributed by atoms with Gasteiger partial charge in [-0.3, -0.25) is 14.3 Å². The van der Waals surface area contributed by atoms with Gasteiger partial charge in [-0.25, -0.2) is 13.4 Å². The minimum atomic E-state index is -3.52. The second kappa shape index (κ2) is 7.55. The second-order valence-electron chi connectivity index (χ2n) is 5.67. The highest BCUT2D eigenvalue weighted by Crippen LogP contribution is 2.19. The number of thiazole rings is 1. The number of nitrogens with zero attached hydrogens (tertiary/aromatic N) is 2. The van der Waals surface area contributed by atoms with E-state index in [4.69, 9.17) is 9.57 Å². The molecule has 11 nitrogen and oxygen atoms in total. The standard InChI is InChI=1S/C13H19N5O6S2/c1-7(2)24-17-9(8-5-25-12(15-8)18-26(4,21)22)10(19)16-13(23-3)6-14-11(13)20/h5,7H,6H2,1-4H3,(H,14,20)(H,15,18)(H,16,19)/b17-9+. The number of oxime groups is 1. The van der Waals surface area contributed by atoms with E-state index in [0.29, 0.717) is 0 Å². The molecule has 1 unspecified atom stereocenters. The van der Waals surface area contributed by atoms with Crippen molar-refractivity contribution in [3.05, 3.63) is 11.1 Å². The summed E-state index contributed by atoms with van der Waals surface area (Å²) >= 11 is 0.972. The van der Waals surface area contributed by atoms with Crippen LogP contribution < -0.4 is 15.4 Å². The van der Waals surface area contributed by atoms with Gasteiger partial charge in [0.15, 0.2) is 10.8 Å². The van der Waals surface area contributed by atoms with Crippen LogP contribution >= 0.6 is 11.3 Å². The Hall–Kier alpha value is -2.25. The van der Waals surface area contributed by atoms with Crippen molar-refractivity contribution < 1.29 is 27.6 Å². The van der Waals surface area contributed by atoms with E-state index in [1.54, 1.807) is 13.8 Å². The molecular formula is C13H19N5O6S2. The lowest BCUT2D eigenvalue weighted by Gasteiger charge is -2.39. The molecule has 1 aromatic heterocycles. The van der Waals surface area contributed by atoms with E-state index in [9.17, 15) is 18.0 Å². The van der Waals surface area contributed by atoms with Crippen molar-refractivity contribution in [3.8, 4) is 0 Å². The number of anilines is 1. The molecule has 0 spiro atoms. The predicted octanol–water partition coefficient (Wildman–Crippen LogP) is -0.768. The van der Waals surface area contributed by atoms with Crippen molar-refractivity contribution >= 4 is 44.0 Å². The Kier molecular flexibility index (Phi) is 5.83. The summed E-state index contributed by atoms with van der Waals surface area (Å²) in [5.74, 6) is -1.24. The van der Waals surface area contributed by atoms with Crippen LogP contribution in [0, 0.1) is 0 Å². The topological polar surface area (TPSA) is 148 Å². The molecule has 1 fully saturated rings. The van der Waals surface area contributed by atoms with E-state index in [-0.39, 0.29) is 29.2 Å². The number of sulfonamides is 1. The van der Waals surface area contributed by atoms with E-state index in [0.717, 1.165) is 17.6 Å². The van der Waals surface area contributed by atoms with Gasteiger partial charge in [0.25, 0.3) is 11.8 Å². The van der Waals surface area contributed by atoms with Gasteiger partial charge in [0.2, 0.25) is 15.7 Å². The molecule has 2 rings (SSSR count). The smallest absolute Gasteiger partial charge is 0.278 e. The van der Waals surface area contributed by atoms with Gasteiger partial charge in [0.05, 0.1) is 12.8 Å². The number of hydrogen-bond acceptors (Lipinski definition) is 9. The summed E-state index contributed by atoms with van der Waals surface area (Å²) in [4.78, 5) is 33.5. The van der Waals surface area contributed by atoms with Gasteiger partial charge in [-0.1, -0.05) is 5.16 Å². The van der Waals surface area contributed by atoms with E-state index >= 15 is 0 Å². The molecule has 1 atom stereocenters. The van der Waals surface area contributed by atoms with Gasteiger partial charge in [0.1, 0.15) is 11.8 Å². The number of nitrogens with one attached hydrogen (secondary N) is 3. The van der Waals surface area contributed by atoms with Gasteiger partial charge in [-0.2, -0.15) is 0 Å². The fourth-order valence-electron chi connectivity index (χ4n) is 1.83. The van der Waals surface area contributed by atoms with Gasteiger partial charge >= 0.3 is 0 Å². The average molecular weight is 405 g/mol. The molecule has 0 bridgehead atoms. The Morgan fingerprint density at radius 2 is 2.19 bits per heavy atom. The SMILES string of the molecule is COC1(NC(=O)/C(=N/OC(C)C)c2csc(NS(C)(=O)=O)n2)CNC1=O. The number of β-lactam (4-membered cyclic amide) rings is 1. The lowest BCUT2D eigenvalue weighted by atomic mass is 10.1. The summed E-state index contributed by atoms with van der Waals surface area (Å²) < 4.78 is 29.9. The molecule has 1 aliphatic rings. The van der Waals surface area contributed by atoms with Gasteiger partial charge in [-0.05, 0) is 13.8 Å². The summed E-state index contributed by atoms with van der Waals surface area (Å²) in [6.07, 6.45) is 0.670. The van der Waals surface area contributed by atoms with Crippen LogP contribution in [0.4, 0.5) is 5.13 Å². The second-order valence-corrected chi connectivity index (χ2v) is 8.28. The molecule has 1 aliphatic heterocycles. The van der Waals surface area contributed by atoms with Crippen molar-refractivity contribution in [2.45, 2.75) is 25.7 Å². The Morgan fingerprint density at radius 1 is 1.50 bits per heavy atom. The van der Waals surface area contributed by atoms with Gasteiger partial charge in [0, 0.05) is 12.5 Å². The summed E-state index contributed by atoms with van der Waals surface area (Å²) in [5.41, 5.74) is -1.61. The fraction of sp³-hybridized carbons (Fsp3) is 0.538. The van der Waals surface area contributed by atoms with E-state index < -0.39 is 27.6 Å². The predicted molar refractivity (Wildman–Crippen MR) is 94.2 cm³/mol. The molecule has 144 valence electrons.